The Morgan fingerprint density at radius 1 is 1.40 bits per heavy atom. The first kappa shape index (κ1) is 17.5. The van der Waals surface area contributed by atoms with Crippen molar-refractivity contribution in [3.8, 4) is 0 Å². The van der Waals surface area contributed by atoms with Gasteiger partial charge < -0.3 is 15.7 Å². The van der Waals surface area contributed by atoms with Gasteiger partial charge in [0.05, 0.1) is 17.8 Å². The average molecular weight is 342 g/mol. The summed E-state index contributed by atoms with van der Waals surface area (Å²) in [6, 6.07) is 9.29. The highest BCUT2D eigenvalue weighted by Gasteiger charge is 2.31. The quantitative estimate of drug-likeness (QED) is 0.778. The zero-order valence-corrected chi connectivity index (χ0v) is 15.0. The second kappa shape index (κ2) is 7.27. The van der Waals surface area contributed by atoms with Gasteiger partial charge in [0.25, 0.3) is 0 Å². The molecule has 1 aliphatic carbocycles. The van der Waals surface area contributed by atoms with Gasteiger partial charge in [0.15, 0.2) is 0 Å². The number of aromatic nitrogens is 2. The van der Waals surface area contributed by atoms with E-state index in [9.17, 15) is 9.90 Å². The van der Waals surface area contributed by atoms with Crippen molar-refractivity contribution in [3.63, 3.8) is 0 Å². The molecule has 0 radical (unpaired) electrons. The maximum absolute atomic E-state index is 12.2. The van der Waals surface area contributed by atoms with E-state index in [1.54, 1.807) is 0 Å². The van der Waals surface area contributed by atoms with Crippen molar-refractivity contribution < 1.29 is 9.90 Å². The minimum Gasteiger partial charge on any atom is -0.390 e. The Hall–Kier alpha value is -2.34. The predicted molar refractivity (Wildman–Crippen MR) is 96.3 cm³/mol. The lowest BCUT2D eigenvalue weighted by Crippen LogP contribution is -2.42. The molecular formula is C19H26N4O2. The largest absolute Gasteiger partial charge is 0.390 e. The molecule has 0 saturated carbocycles. The number of aliphatic hydroxyl groups excluding tert-OH is 1. The summed E-state index contributed by atoms with van der Waals surface area (Å²) in [5, 5.41) is 20.5. The second-order valence-corrected chi connectivity index (χ2v) is 7.02. The lowest BCUT2D eigenvalue weighted by atomic mass is 10.1. The van der Waals surface area contributed by atoms with Crippen molar-refractivity contribution in [2.75, 3.05) is 6.54 Å². The third-order valence-electron chi connectivity index (χ3n) is 4.69. The number of benzene rings is 1. The second-order valence-electron chi connectivity index (χ2n) is 7.02. The van der Waals surface area contributed by atoms with Crippen molar-refractivity contribution in [2.24, 2.45) is 5.92 Å². The summed E-state index contributed by atoms with van der Waals surface area (Å²) in [5.41, 5.74) is 4.22. The van der Waals surface area contributed by atoms with E-state index >= 15 is 0 Å². The molecule has 1 aromatic heterocycles. The molecule has 6 heteroatoms. The molecule has 3 N–H and O–H groups in total. The molecule has 3 atom stereocenters. The number of urea groups is 1. The van der Waals surface area contributed by atoms with E-state index in [4.69, 9.17) is 0 Å². The average Bonchev–Trinajstić information content (AvgIpc) is 3.04. The maximum atomic E-state index is 12.2. The van der Waals surface area contributed by atoms with Crippen LogP contribution in [0.2, 0.25) is 0 Å². The Kier molecular flexibility index (Phi) is 5.08. The SMILES string of the molecule is Cc1cc(C)n(CC(C)CNC(=O)N[C@H]2c3ccccc3C[C@H]2O)n1. The van der Waals surface area contributed by atoms with Crippen molar-refractivity contribution in [1.82, 2.24) is 20.4 Å². The zero-order valence-electron chi connectivity index (χ0n) is 15.0. The molecule has 1 unspecified atom stereocenters. The predicted octanol–water partition coefficient (Wildman–Crippen LogP) is 2.09. The van der Waals surface area contributed by atoms with Gasteiger partial charge >= 0.3 is 6.03 Å². The fraction of sp³-hybridized carbons (Fsp3) is 0.474. The highest BCUT2D eigenvalue weighted by molar-refractivity contribution is 5.74. The summed E-state index contributed by atoms with van der Waals surface area (Å²) in [4.78, 5) is 12.2. The summed E-state index contributed by atoms with van der Waals surface area (Å²) in [6.45, 7) is 7.40. The van der Waals surface area contributed by atoms with E-state index in [1.807, 2.05) is 48.9 Å². The maximum Gasteiger partial charge on any atom is 0.315 e. The Bertz CT molecular complexity index is 756. The first-order chi connectivity index (χ1) is 11.9. The summed E-state index contributed by atoms with van der Waals surface area (Å²) < 4.78 is 1.97. The number of hydrogen-bond acceptors (Lipinski definition) is 3. The van der Waals surface area contributed by atoms with Gasteiger partial charge in [0.2, 0.25) is 0 Å². The van der Waals surface area contributed by atoms with E-state index in [0.717, 1.165) is 29.1 Å². The number of nitrogens with zero attached hydrogens (tertiary/aromatic N) is 2. The Morgan fingerprint density at radius 3 is 2.88 bits per heavy atom. The highest BCUT2D eigenvalue weighted by Crippen LogP contribution is 2.30. The van der Waals surface area contributed by atoms with Crippen LogP contribution in [0.4, 0.5) is 4.79 Å². The zero-order chi connectivity index (χ0) is 18.0. The van der Waals surface area contributed by atoms with Crippen LogP contribution in [0.3, 0.4) is 0 Å². The number of aliphatic hydroxyl groups is 1. The molecule has 6 nitrogen and oxygen atoms in total. The number of rotatable bonds is 5. The third kappa shape index (κ3) is 4.02. The van der Waals surface area contributed by atoms with Gasteiger partial charge in [-0.05, 0) is 37.0 Å². The molecule has 25 heavy (non-hydrogen) atoms. The van der Waals surface area contributed by atoms with E-state index in [2.05, 4.69) is 22.7 Å². The van der Waals surface area contributed by atoms with E-state index < -0.39 is 6.10 Å². The number of nitrogens with one attached hydrogen (secondary N) is 2. The van der Waals surface area contributed by atoms with Crippen molar-refractivity contribution in [3.05, 3.63) is 52.8 Å². The molecule has 3 rings (SSSR count). The summed E-state index contributed by atoms with van der Waals surface area (Å²) in [5.74, 6) is 0.254. The minimum atomic E-state index is -0.574. The summed E-state index contributed by atoms with van der Waals surface area (Å²) >= 11 is 0. The fourth-order valence-electron chi connectivity index (χ4n) is 3.43. The summed E-state index contributed by atoms with van der Waals surface area (Å²) in [6.07, 6.45) is 0.00500. The molecule has 134 valence electrons. The van der Waals surface area contributed by atoms with Crippen LogP contribution in [0.1, 0.15) is 35.5 Å². The molecule has 1 aromatic carbocycles. The van der Waals surface area contributed by atoms with Gasteiger partial charge in [-0.25, -0.2) is 4.79 Å². The van der Waals surface area contributed by atoms with Crippen LogP contribution in [0.5, 0.6) is 0 Å². The van der Waals surface area contributed by atoms with Crippen LogP contribution in [0, 0.1) is 19.8 Å². The highest BCUT2D eigenvalue weighted by atomic mass is 16.3. The molecular weight excluding hydrogens is 316 g/mol. The number of carbonyl (C=O) groups is 1. The van der Waals surface area contributed by atoms with Gasteiger partial charge in [0, 0.05) is 25.2 Å². The van der Waals surface area contributed by atoms with E-state index in [-0.39, 0.29) is 18.0 Å². The Balaban J connectivity index is 1.50. The van der Waals surface area contributed by atoms with Gasteiger partial charge in [0.1, 0.15) is 0 Å². The van der Waals surface area contributed by atoms with Crippen LogP contribution in [0.25, 0.3) is 0 Å². The monoisotopic (exact) mass is 342 g/mol. The summed E-state index contributed by atoms with van der Waals surface area (Å²) in [7, 11) is 0. The van der Waals surface area contributed by atoms with Crippen molar-refractivity contribution in [2.45, 2.75) is 45.9 Å². The van der Waals surface area contributed by atoms with Crippen LogP contribution < -0.4 is 10.6 Å². The van der Waals surface area contributed by atoms with Crippen molar-refractivity contribution >= 4 is 6.03 Å². The Morgan fingerprint density at radius 2 is 2.16 bits per heavy atom. The van der Waals surface area contributed by atoms with Crippen LogP contribution in [0.15, 0.2) is 30.3 Å². The topological polar surface area (TPSA) is 79.2 Å². The number of carbonyl (C=O) groups excluding carboxylic acids is 1. The van der Waals surface area contributed by atoms with E-state index in [1.165, 1.54) is 0 Å². The normalized spacial score (nSPS) is 20.2. The molecule has 0 saturated heterocycles. The van der Waals surface area contributed by atoms with Gasteiger partial charge in [-0.3, -0.25) is 4.68 Å². The molecule has 0 spiro atoms. The number of hydrogen-bond donors (Lipinski definition) is 3. The smallest absolute Gasteiger partial charge is 0.315 e. The third-order valence-corrected chi connectivity index (χ3v) is 4.69. The molecule has 1 aliphatic rings. The molecule has 0 aliphatic heterocycles. The first-order valence-corrected chi connectivity index (χ1v) is 8.75. The van der Waals surface area contributed by atoms with E-state index in [0.29, 0.717) is 13.0 Å². The number of amides is 2. The molecule has 0 bridgehead atoms. The van der Waals surface area contributed by atoms with Crippen LogP contribution in [-0.2, 0) is 13.0 Å². The molecule has 2 amide bonds. The Labute approximate surface area is 148 Å². The van der Waals surface area contributed by atoms with Gasteiger partial charge in [-0.15, -0.1) is 0 Å². The van der Waals surface area contributed by atoms with Crippen LogP contribution >= 0.6 is 0 Å². The molecule has 1 heterocycles. The molecule has 2 aromatic rings. The van der Waals surface area contributed by atoms with Gasteiger partial charge in [-0.1, -0.05) is 31.2 Å². The number of fused-ring (bicyclic) bond motifs is 1. The first-order valence-electron chi connectivity index (χ1n) is 8.75. The molecule has 0 fully saturated rings. The fourth-order valence-corrected chi connectivity index (χ4v) is 3.43. The standard InChI is InChI=1S/C19H26N4O2/c1-12(11-23-14(3)8-13(2)22-23)10-20-19(25)21-18-16-7-5-4-6-15(16)9-17(18)24/h4-8,12,17-18,24H,9-11H2,1-3H3,(H2,20,21,25)/t12?,17-,18+/m1/s1. The van der Waals surface area contributed by atoms with Gasteiger partial charge in [-0.2, -0.15) is 5.10 Å². The van der Waals surface area contributed by atoms with Crippen molar-refractivity contribution in [1.29, 1.82) is 0 Å². The minimum absolute atomic E-state index is 0.249. The number of aryl methyl sites for hydroxylation is 2. The van der Waals surface area contributed by atoms with Crippen LogP contribution in [-0.4, -0.2) is 33.6 Å². The lowest BCUT2D eigenvalue weighted by Gasteiger charge is -2.20. The lowest BCUT2D eigenvalue weighted by molar-refractivity contribution is 0.142.